The number of aromatic amines is 1. The van der Waals surface area contributed by atoms with Crippen LogP contribution in [0.3, 0.4) is 0 Å². The molecular weight excluding hydrogens is 360 g/mol. The third kappa shape index (κ3) is 6.52. The zero-order chi connectivity index (χ0) is 19.8. The molecule has 27 heavy (non-hydrogen) atoms. The number of nitrogens with one attached hydrogen (secondary N) is 1. The van der Waals surface area contributed by atoms with E-state index in [1.807, 2.05) is 62.5 Å². The molecule has 1 heterocycles. The number of amides is 1. The summed E-state index contributed by atoms with van der Waals surface area (Å²) in [4.78, 5) is 36.2. The van der Waals surface area contributed by atoms with Gasteiger partial charge < -0.3 is 14.8 Å². The molecule has 6 nitrogen and oxygen atoms in total. The standard InChI is InChI=1S/C20H28N4O2S/c1-15-17(19(26)22-20(21-15)27-4)10-11-18(25)24(13-12-23(2)3)14-16-8-6-5-7-9-16/h5-9H,10-14H2,1-4H3,(H,21,22,26). The van der Waals surface area contributed by atoms with Gasteiger partial charge in [0.25, 0.3) is 5.56 Å². The van der Waals surface area contributed by atoms with Crippen LogP contribution in [-0.4, -0.2) is 59.1 Å². The van der Waals surface area contributed by atoms with E-state index in [1.165, 1.54) is 11.8 Å². The van der Waals surface area contributed by atoms with Crippen molar-refractivity contribution in [2.24, 2.45) is 0 Å². The first-order chi connectivity index (χ1) is 12.9. The van der Waals surface area contributed by atoms with E-state index in [1.54, 1.807) is 0 Å². The highest BCUT2D eigenvalue weighted by molar-refractivity contribution is 7.98. The van der Waals surface area contributed by atoms with Gasteiger partial charge in [-0.25, -0.2) is 4.98 Å². The summed E-state index contributed by atoms with van der Waals surface area (Å²) < 4.78 is 0. The monoisotopic (exact) mass is 388 g/mol. The molecular formula is C20H28N4O2S. The number of carbonyl (C=O) groups excluding carboxylic acids is 1. The zero-order valence-electron chi connectivity index (χ0n) is 16.5. The number of hydrogen-bond acceptors (Lipinski definition) is 5. The van der Waals surface area contributed by atoms with Gasteiger partial charge in [0.15, 0.2) is 5.16 Å². The number of likely N-dealkylation sites (N-methyl/N-ethyl adjacent to an activating group) is 1. The minimum atomic E-state index is -0.150. The van der Waals surface area contributed by atoms with Gasteiger partial charge in [-0.05, 0) is 39.3 Å². The highest BCUT2D eigenvalue weighted by Gasteiger charge is 2.16. The third-order valence-corrected chi connectivity index (χ3v) is 4.95. The average molecular weight is 389 g/mol. The van der Waals surface area contributed by atoms with Crippen molar-refractivity contribution < 1.29 is 4.79 Å². The number of carbonyl (C=O) groups is 1. The van der Waals surface area contributed by atoms with Gasteiger partial charge >= 0.3 is 0 Å². The molecule has 0 aliphatic rings. The van der Waals surface area contributed by atoms with Crippen LogP contribution in [0.15, 0.2) is 40.3 Å². The lowest BCUT2D eigenvalue weighted by Gasteiger charge is -2.25. The van der Waals surface area contributed by atoms with Gasteiger partial charge in [-0.15, -0.1) is 0 Å². The fourth-order valence-corrected chi connectivity index (χ4v) is 3.21. The lowest BCUT2D eigenvalue weighted by Crippen LogP contribution is -2.36. The molecule has 2 rings (SSSR count). The van der Waals surface area contributed by atoms with Gasteiger partial charge in [-0.1, -0.05) is 42.1 Å². The molecule has 0 atom stereocenters. The number of H-pyrrole nitrogens is 1. The van der Waals surface area contributed by atoms with Crippen LogP contribution in [0.4, 0.5) is 0 Å². The Kier molecular flexibility index (Phi) is 8.06. The summed E-state index contributed by atoms with van der Waals surface area (Å²) in [5, 5.41) is 0.601. The maximum Gasteiger partial charge on any atom is 0.254 e. The molecule has 0 spiro atoms. The summed E-state index contributed by atoms with van der Waals surface area (Å²) >= 11 is 1.40. The van der Waals surface area contributed by atoms with Crippen LogP contribution in [0, 0.1) is 6.92 Å². The van der Waals surface area contributed by atoms with Gasteiger partial charge in [-0.3, -0.25) is 9.59 Å². The van der Waals surface area contributed by atoms with E-state index in [4.69, 9.17) is 0 Å². The lowest BCUT2D eigenvalue weighted by molar-refractivity contribution is -0.132. The second-order valence-corrected chi connectivity index (χ2v) is 7.54. The maximum absolute atomic E-state index is 12.8. The van der Waals surface area contributed by atoms with Crippen molar-refractivity contribution >= 4 is 17.7 Å². The molecule has 1 aromatic heterocycles. The van der Waals surface area contributed by atoms with Crippen LogP contribution in [0.5, 0.6) is 0 Å². The number of nitrogens with zero attached hydrogens (tertiary/aromatic N) is 3. The number of rotatable bonds is 9. The Hall–Kier alpha value is -2.12. The second-order valence-electron chi connectivity index (χ2n) is 6.74. The summed E-state index contributed by atoms with van der Waals surface area (Å²) in [6, 6.07) is 9.97. The molecule has 0 bridgehead atoms. The van der Waals surface area contributed by atoms with E-state index in [-0.39, 0.29) is 11.5 Å². The van der Waals surface area contributed by atoms with Crippen LogP contribution < -0.4 is 5.56 Å². The lowest BCUT2D eigenvalue weighted by atomic mass is 10.1. The summed E-state index contributed by atoms with van der Waals surface area (Å²) in [5.41, 5.74) is 2.24. The second kappa shape index (κ2) is 10.3. The van der Waals surface area contributed by atoms with Gasteiger partial charge in [-0.2, -0.15) is 0 Å². The quantitative estimate of drug-likeness (QED) is 0.527. The summed E-state index contributed by atoms with van der Waals surface area (Å²) in [7, 11) is 3.99. The molecule has 1 N–H and O–H groups in total. The summed E-state index contributed by atoms with van der Waals surface area (Å²) in [6.45, 7) is 3.84. The normalized spacial score (nSPS) is 11.0. The number of hydrogen-bond donors (Lipinski definition) is 1. The molecule has 0 aliphatic carbocycles. The van der Waals surface area contributed by atoms with Gasteiger partial charge in [0.1, 0.15) is 0 Å². The minimum Gasteiger partial charge on any atom is -0.337 e. The fraction of sp³-hybridized carbons (Fsp3) is 0.450. The van der Waals surface area contributed by atoms with E-state index in [0.717, 1.165) is 12.1 Å². The van der Waals surface area contributed by atoms with Gasteiger partial charge in [0, 0.05) is 37.3 Å². The summed E-state index contributed by atoms with van der Waals surface area (Å²) in [6.07, 6.45) is 2.56. The highest BCUT2D eigenvalue weighted by Crippen LogP contribution is 2.11. The Morgan fingerprint density at radius 3 is 2.48 bits per heavy atom. The van der Waals surface area contributed by atoms with Crippen molar-refractivity contribution in [3.05, 3.63) is 57.5 Å². The van der Waals surface area contributed by atoms with Crippen LogP contribution in [-0.2, 0) is 17.8 Å². The molecule has 1 amide bonds. The minimum absolute atomic E-state index is 0.0495. The van der Waals surface area contributed by atoms with Gasteiger partial charge in [0.05, 0.1) is 0 Å². The predicted molar refractivity (Wildman–Crippen MR) is 110 cm³/mol. The summed E-state index contributed by atoms with van der Waals surface area (Å²) in [5.74, 6) is 0.0495. The maximum atomic E-state index is 12.8. The number of benzene rings is 1. The Labute approximate surface area is 165 Å². The number of aryl methyl sites for hydroxylation is 1. The first-order valence-corrected chi connectivity index (χ1v) is 10.2. The first kappa shape index (κ1) is 21.2. The SMILES string of the molecule is CSc1nc(C)c(CCC(=O)N(CCN(C)C)Cc2ccccc2)c(=O)[nH]1. The van der Waals surface area contributed by atoms with E-state index in [2.05, 4.69) is 14.9 Å². The third-order valence-electron chi connectivity index (χ3n) is 4.37. The zero-order valence-corrected chi connectivity index (χ0v) is 17.3. The Balaban J connectivity index is 2.07. The molecule has 0 aliphatic heterocycles. The first-order valence-electron chi connectivity index (χ1n) is 9.01. The average Bonchev–Trinajstić information content (AvgIpc) is 2.64. The van der Waals surface area contributed by atoms with Crippen molar-refractivity contribution in [2.75, 3.05) is 33.4 Å². The Morgan fingerprint density at radius 1 is 1.19 bits per heavy atom. The van der Waals surface area contributed by atoms with Crippen molar-refractivity contribution in [3.63, 3.8) is 0 Å². The van der Waals surface area contributed by atoms with Crippen molar-refractivity contribution in [3.8, 4) is 0 Å². The molecule has 0 radical (unpaired) electrons. The molecule has 1 aromatic carbocycles. The van der Waals surface area contributed by atoms with Crippen molar-refractivity contribution in [2.45, 2.75) is 31.5 Å². The van der Waals surface area contributed by atoms with E-state index < -0.39 is 0 Å². The van der Waals surface area contributed by atoms with Crippen LogP contribution in [0.1, 0.15) is 23.2 Å². The van der Waals surface area contributed by atoms with E-state index in [0.29, 0.717) is 42.3 Å². The molecule has 0 unspecified atom stereocenters. The largest absolute Gasteiger partial charge is 0.337 e. The Bertz CT molecular complexity index is 805. The molecule has 146 valence electrons. The van der Waals surface area contributed by atoms with Crippen LogP contribution in [0.25, 0.3) is 0 Å². The molecule has 0 saturated heterocycles. The van der Waals surface area contributed by atoms with Crippen LogP contribution >= 0.6 is 11.8 Å². The van der Waals surface area contributed by atoms with Crippen molar-refractivity contribution in [1.29, 1.82) is 0 Å². The number of aromatic nitrogens is 2. The molecule has 0 saturated carbocycles. The molecule has 2 aromatic rings. The predicted octanol–water partition coefficient (Wildman–Crippen LogP) is 2.32. The topological polar surface area (TPSA) is 69.3 Å². The highest BCUT2D eigenvalue weighted by atomic mass is 32.2. The smallest absolute Gasteiger partial charge is 0.254 e. The molecule has 0 fully saturated rings. The molecule has 7 heteroatoms. The van der Waals surface area contributed by atoms with E-state index >= 15 is 0 Å². The fourth-order valence-electron chi connectivity index (χ4n) is 2.78. The Morgan fingerprint density at radius 2 is 1.89 bits per heavy atom. The number of thioether (sulfide) groups is 1. The van der Waals surface area contributed by atoms with Gasteiger partial charge in [0.2, 0.25) is 5.91 Å². The van der Waals surface area contributed by atoms with Crippen LogP contribution in [0.2, 0.25) is 0 Å². The van der Waals surface area contributed by atoms with E-state index in [9.17, 15) is 9.59 Å². The van der Waals surface area contributed by atoms with Crippen molar-refractivity contribution in [1.82, 2.24) is 19.8 Å².